The van der Waals surface area contributed by atoms with Crippen LogP contribution < -0.4 is 9.80 Å². The van der Waals surface area contributed by atoms with Crippen LogP contribution in [0.4, 0.5) is 34.1 Å². The Morgan fingerprint density at radius 1 is 0.287 bits per heavy atom. The van der Waals surface area contributed by atoms with Crippen LogP contribution in [0, 0.1) is 41.5 Å². The van der Waals surface area contributed by atoms with E-state index in [1.807, 2.05) is 0 Å². The minimum absolute atomic E-state index is 0.974. The normalized spacial score (nSPS) is 11.8. The average molecular weight is 1040 g/mol. The van der Waals surface area contributed by atoms with E-state index in [0.717, 1.165) is 38.5 Å². The van der Waals surface area contributed by atoms with Crippen LogP contribution in [0.1, 0.15) is 108 Å². The van der Waals surface area contributed by atoms with E-state index in [1.165, 1.54) is 177 Å². The number of rotatable bonds is 14. The van der Waals surface area contributed by atoms with Gasteiger partial charge in [0.15, 0.2) is 0 Å². The van der Waals surface area contributed by atoms with E-state index in [-0.39, 0.29) is 0 Å². The van der Waals surface area contributed by atoms with Gasteiger partial charge in [0, 0.05) is 44.3 Å². The summed E-state index contributed by atoms with van der Waals surface area (Å²) in [6, 6.07) is 66.5. The molecule has 0 aliphatic carbocycles. The van der Waals surface area contributed by atoms with Gasteiger partial charge in [-0.25, -0.2) is 0 Å². The van der Waals surface area contributed by atoms with Crippen molar-refractivity contribution in [1.82, 2.24) is 0 Å². The van der Waals surface area contributed by atoms with E-state index in [2.05, 4.69) is 263 Å². The molecule has 0 heterocycles. The predicted octanol–water partition coefficient (Wildman–Crippen LogP) is 22.4. The molecule has 0 aromatic heterocycles. The summed E-state index contributed by atoms with van der Waals surface area (Å²) in [4.78, 5) is 5.24. The fraction of sp³-hybridized carbons (Fsp3) is 0.231. The Kier molecular flexibility index (Phi) is 13.9. The molecule has 2 nitrogen and oxygen atoms in total. The minimum atomic E-state index is 0.974. The first-order chi connectivity index (χ1) is 38.9. The standard InChI is InChI=1S/C78H76N2/c1-13-53-41-65(42-54(14-2)67(53)17-5)79(63-35-47(7)51(11)48(8)36-63)75-45-73(61-29-27-57-23-19-21-25-59(57)39-61)69-32-34-72-76(46-74(70-31-33-71(75)77(69)78(70)72)62-30-28-58-24-20-22-26-60(58)40-62)80(64-37-49(9)52(12)50(10)38-64)66-43-55(15-3)68(18-6)56(16-4)44-66/h19-46H,13-18H2,1-12H3. The molecule has 2 heteroatoms. The molecule has 0 saturated heterocycles. The number of anilines is 6. The molecule has 12 aromatic carbocycles. The van der Waals surface area contributed by atoms with Gasteiger partial charge in [0.2, 0.25) is 0 Å². The Labute approximate surface area is 475 Å². The smallest absolute Gasteiger partial charge is 0.0546 e. The molecule has 0 aliphatic rings. The van der Waals surface area contributed by atoms with Gasteiger partial charge in [0.25, 0.3) is 0 Å². The third-order valence-electron chi connectivity index (χ3n) is 18.4. The summed E-state index contributed by atoms with van der Waals surface area (Å²) in [7, 11) is 0. The third-order valence-corrected chi connectivity index (χ3v) is 18.4. The molecule has 0 atom stereocenters. The van der Waals surface area contributed by atoms with E-state index in [0.29, 0.717) is 0 Å². The van der Waals surface area contributed by atoms with Gasteiger partial charge in [-0.3, -0.25) is 0 Å². The maximum Gasteiger partial charge on any atom is 0.0546 e. The number of aryl methyl sites for hydroxylation is 8. The summed E-state index contributed by atoms with van der Waals surface area (Å²) in [6.07, 6.45) is 5.93. The zero-order valence-corrected chi connectivity index (χ0v) is 49.3. The van der Waals surface area contributed by atoms with Crippen LogP contribution in [0.5, 0.6) is 0 Å². The fourth-order valence-electron chi connectivity index (χ4n) is 13.6. The first kappa shape index (κ1) is 52.5. The van der Waals surface area contributed by atoms with Crippen molar-refractivity contribution in [3.05, 3.63) is 237 Å². The molecule has 12 rings (SSSR count). The van der Waals surface area contributed by atoms with Gasteiger partial charge in [-0.2, -0.15) is 0 Å². The molecule has 0 bridgehead atoms. The molecule has 0 radical (unpaired) electrons. The van der Waals surface area contributed by atoms with Gasteiger partial charge in [0.05, 0.1) is 11.4 Å². The summed E-state index contributed by atoms with van der Waals surface area (Å²) in [5.41, 5.74) is 28.6. The highest BCUT2D eigenvalue weighted by Gasteiger charge is 2.28. The molecule has 0 spiro atoms. The first-order valence-corrected chi connectivity index (χ1v) is 29.7. The molecule has 0 amide bonds. The number of hydrogen-bond donors (Lipinski definition) is 0. The highest BCUT2D eigenvalue weighted by molar-refractivity contribution is 6.32. The van der Waals surface area contributed by atoms with Crippen molar-refractivity contribution in [1.29, 1.82) is 0 Å². The zero-order valence-electron chi connectivity index (χ0n) is 49.3. The lowest BCUT2D eigenvalue weighted by Gasteiger charge is -2.33. The van der Waals surface area contributed by atoms with Gasteiger partial charge in [-0.15, -0.1) is 0 Å². The van der Waals surface area contributed by atoms with Gasteiger partial charge in [-0.05, 0) is 274 Å². The van der Waals surface area contributed by atoms with Gasteiger partial charge in [-0.1, -0.05) is 139 Å². The Bertz CT molecular complexity index is 4020. The van der Waals surface area contributed by atoms with Crippen molar-refractivity contribution < 1.29 is 0 Å². The highest BCUT2D eigenvalue weighted by atomic mass is 15.2. The van der Waals surface area contributed by atoms with Crippen molar-refractivity contribution in [2.75, 3.05) is 9.80 Å². The zero-order chi connectivity index (χ0) is 55.7. The van der Waals surface area contributed by atoms with Crippen LogP contribution >= 0.6 is 0 Å². The Morgan fingerprint density at radius 3 is 0.925 bits per heavy atom. The number of hydrogen-bond acceptors (Lipinski definition) is 2. The fourth-order valence-corrected chi connectivity index (χ4v) is 13.6. The molecular weight excluding hydrogens is 965 g/mol. The van der Waals surface area contributed by atoms with E-state index in [4.69, 9.17) is 0 Å². The van der Waals surface area contributed by atoms with Crippen molar-refractivity contribution in [3.63, 3.8) is 0 Å². The highest BCUT2D eigenvalue weighted by Crippen LogP contribution is 2.53. The second kappa shape index (κ2) is 21.1. The SMILES string of the molecule is CCc1cc(N(c2cc(C)c(C)c(C)c2)c2cc(-c3ccc4ccccc4c3)c3ccc4c(N(c5cc(C)c(C)c(C)c5)c5cc(CC)c(CC)c(CC)c5)cc(-c5ccc6ccccc6c5)c5ccc2c3c54)cc(CC)c1CC. The monoisotopic (exact) mass is 1040 g/mol. The second-order valence-electron chi connectivity index (χ2n) is 22.8. The van der Waals surface area contributed by atoms with Crippen molar-refractivity contribution in [2.45, 2.75) is 122 Å². The summed E-state index contributed by atoms with van der Waals surface area (Å²) >= 11 is 0. The van der Waals surface area contributed by atoms with Crippen LogP contribution in [0.3, 0.4) is 0 Å². The van der Waals surface area contributed by atoms with E-state index < -0.39 is 0 Å². The maximum atomic E-state index is 2.62. The molecule has 0 N–H and O–H groups in total. The Morgan fingerprint density at radius 2 is 0.600 bits per heavy atom. The Balaban J connectivity index is 1.29. The van der Waals surface area contributed by atoms with Crippen molar-refractivity contribution in [2.24, 2.45) is 0 Å². The van der Waals surface area contributed by atoms with Crippen LogP contribution in [-0.2, 0) is 38.5 Å². The molecule has 398 valence electrons. The van der Waals surface area contributed by atoms with Crippen molar-refractivity contribution >= 4 is 88.0 Å². The van der Waals surface area contributed by atoms with Crippen LogP contribution in [-0.4, -0.2) is 0 Å². The van der Waals surface area contributed by atoms with Crippen LogP contribution in [0.15, 0.2) is 170 Å². The number of benzene rings is 12. The Hall–Kier alpha value is -8.20. The predicted molar refractivity (Wildman–Crippen MR) is 350 cm³/mol. The molecule has 0 aliphatic heterocycles. The lowest BCUT2D eigenvalue weighted by atomic mass is 9.84. The van der Waals surface area contributed by atoms with Crippen LogP contribution in [0.2, 0.25) is 0 Å². The summed E-state index contributed by atoms with van der Waals surface area (Å²) in [5, 5.41) is 12.5. The lowest BCUT2D eigenvalue weighted by Crippen LogP contribution is -2.14. The summed E-state index contributed by atoms with van der Waals surface area (Å²) < 4.78 is 0. The molecular formula is C78H76N2. The quantitative estimate of drug-likeness (QED) is 0.100. The first-order valence-electron chi connectivity index (χ1n) is 29.7. The van der Waals surface area contributed by atoms with E-state index >= 15 is 0 Å². The summed E-state index contributed by atoms with van der Waals surface area (Å²) in [6.45, 7) is 27.6. The maximum absolute atomic E-state index is 2.62. The van der Waals surface area contributed by atoms with E-state index in [1.54, 1.807) is 0 Å². The minimum Gasteiger partial charge on any atom is -0.310 e. The summed E-state index contributed by atoms with van der Waals surface area (Å²) in [5.74, 6) is 0. The largest absolute Gasteiger partial charge is 0.310 e. The molecule has 0 saturated carbocycles. The van der Waals surface area contributed by atoms with Crippen LogP contribution in [0.25, 0.3) is 76.1 Å². The lowest BCUT2D eigenvalue weighted by molar-refractivity contribution is 0.978. The van der Waals surface area contributed by atoms with E-state index in [9.17, 15) is 0 Å². The van der Waals surface area contributed by atoms with Gasteiger partial charge in [0.1, 0.15) is 0 Å². The molecule has 12 aromatic rings. The molecule has 80 heavy (non-hydrogen) atoms. The van der Waals surface area contributed by atoms with Crippen molar-refractivity contribution in [3.8, 4) is 22.3 Å². The number of nitrogens with zero attached hydrogens (tertiary/aromatic N) is 2. The number of fused-ring (bicyclic) bond motifs is 2. The molecule has 0 unspecified atom stereocenters. The average Bonchev–Trinajstić information content (AvgIpc) is 3.61. The second-order valence-corrected chi connectivity index (χ2v) is 22.8. The topological polar surface area (TPSA) is 6.48 Å². The van der Waals surface area contributed by atoms with Gasteiger partial charge >= 0.3 is 0 Å². The third kappa shape index (κ3) is 8.80. The molecule has 0 fully saturated rings. The van der Waals surface area contributed by atoms with Gasteiger partial charge < -0.3 is 9.80 Å².